The lowest BCUT2D eigenvalue weighted by molar-refractivity contribution is 0.0657. The third-order valence-corrected chi connectivity index (χ3v) is 5.50. The molecular formula is C14H21NO6S. The van der Waals surface area contributed by atoms with E-state index in [2.05, 4.69) is 0 Å². The van der Waals surface area contributed by atoms with Crippen molar-refractivity contribution in [1.82, 2.24) is 4.90 Å². The number of ether oxygens (including phenoxy) is 1. The average molecular weight is 331 g/mol. The molecule has 22 heavy (non-hydrogen) atoms. The summed E-state index contributed by atoms with van der Waals surface area (Å²) >= 11 is 0. The zero-order chi connectivity index (χ0) is 16.2. The van der Waals surface area contributed by atoms with Gasteiger partial charge in [-0.3, -0.25) is 4.90 Å². The van der Waals surface area contributed by atoms with Crippen molar-refractivity contribution in [3.05, 3.63) is 23.7 Å². The molecule has 1 fully saturated rings. The number of hydrogen-bond acceptors (Lipinski definition) is 6. The molecule has 1 aliphatic rings. The highest BCUT2D eigenvalue weighted by atomic mass is 32.2. The van der Waals surface area contributed by atoms with Crippen LogP contribution >= 0.6 is 0 Å². The van der Waals surface area contributed by atoms with Gasteiger partial charge in [0.1, 0.15) is 5.76 Å². The van der Waals surface area contributed by atoms with E-state index in [1.165, 1.54) is 6.07 Å². The summed E-state index contributed by atoms with van der Waals surface area (Å²) in [5.74, 6) is -0.339. The van der Waals surface area contributed by atoms with Gasteiger partial charge in [-0.2, -0.15) is 0 Å². The van der Waals surface area contributed by atoms with Crippen LogP contribution in [0.4, 0.5) is 0 Å². The maximum atomic E-state index is 11.7. The van der Waals surface area contributed by atoms with Crippen LogP contribution in [0.5, 0.6) is 0 Å². The fourth-order valence-corrected chi connectivity index (χ4v) is 4.41. The first-order chi connectivity index (χ1) is 10.4. The molecule has 8 heteroatoms. The Morgan fingerprint density at radius 1 is 1.50 bits per heavy atom. The maximum Gasteiger partial charge on any atom is 0.371 e. The Morgan fingerprint density at radius 2 is 2.27 bits per heavy atom. The van der Waals surface area contributed by atoms with E-state index in [9.17, 15) is 13.2 Å². The smallest absolute Gasteiger partial charge is 0.371 e. The van der Waals surface area contributed by atoms with E-state index in [0.717, 1.165) is 6.42 Å². The van der Waals surface area contributed by atoms with E-state index in [1.807, 2.05) is 4.90 Å². The van der Waals surface area contributed by atoms with Crippen molar-refractivity contribution in [2.45, 2.75) is 25.4 Å². The van der Waals surface area contributed by atoms with Gasteiger partial charge in [-0.15, -0.1) is 0 Å². The third-order valence-electron chi connectivity index (χ3n) is 3.75. The van der Waals surface area contributed by atoms with E-state index in [1.54, 1.807) is 13.2 Å². The van der Waals surface area contributed by atoms with Crippen molar-refractivity contribution in [3.63, 3.8) is 0 Å². The van der Waals surface area contributed by atoms with Crippen LogP contribution in [0.15, 0.2) is 16.5 Å². The zero-order valence-electron chi connectivity index (χ0n) is 12.5. The van der Waals surface area contributed by atoms with Gasteiger partial charge in [0.2, 0.25) is 5.76 Å². The van der Waals surface area contributed by atoms with Crippen LogP contribution in [-0.2, 0) is 21.1 Å². The lowest BCUT2D eigenvalue weighted by atomic mass is 10.2. The normalized spacial score (nSPS) is 20.5. The quantitative estimate of drug-likeness (QED) is 0.710. The fourth-order valence-electron chi connectivity index (χ4n) is 2.64. The molecule has 0 aromatic carbocycles. The highest BCUT2D eigenvalue weighted by Crippen LogP contribution is 2.21. The average Bonchev–Trinajstić information content (AvgIpc) is 3.04. The number of furan rings is 1. The van der Waals surface area contributed by atoms with E-state index in [-0.39, 0.29) is 23.3 Å². The van der Waals surface area contributed by atoms with Gasteiger partial charge in [0, 0.05) is 26.3 Å². The maximum absolute atomic E-state index is 11.7. The van der Waals surface area contributed by atoms with Crippen LogP contribution in [0.25, 0.3) is 0 Å². The summed E-state index contributed by atoms with van der Waals surface area (Å²) in [6.07, 6.45) is 1.38. The lowest BCUT2D eigenvalue weighted by Crippen LogP contribution is -2.36. The van der Waals surface area contributed by atoms with Crippen molar-refractivity contribution in [1.29, 1.82) is 0 Å². The van der Waals surface area contributed by atoms with Crippen LogP contribution in [0.3, 0.4) is 0 Å². The van der Waals surface area contributed by atoms with Crippen molar-refractivity contribution < 1.29 is 27.5 Å². The molecule has 124 valence electrons. The molecule has 0 saturated carbocycles. The molecule has 7 nitrogen and oxygen atoms in total. The third kappa shape index (κ3) is 4.56. The molecular weight excluding hydrogens is 310 g/mol. The Bertz CT molecular complexity index is 609. The molecule has 1 aliphatic heterocycles. The Balaban J connectivity index is 2.04. The second-order valence-corrected chi connectivity index (χ2v) is 7.67. The van der Waals surface area contributed by atoms with Crippen LogP contribution in [0, 0.1) is 0 Å². The first-order valence-corrected chi connectivity index (χ1v) is 8.99. The minimum atomic E-state index is -2.97. The SMILES string of the molecule is COCCCN(Cc1ccc(C(=O)O)o1)C1CCS(=O)(=O)C1. The summed E-state index contributed by atoms with van der Waals surface area (Å²) < 4.78 is 33.6. The molecule has 0 radical (unpaired) electrons. The summed E-state index contributed by atoms with van der Waals surface area (Å²) in [6, 6.07) is 2.98. The summed E-state index contributed by atoms with van der Waals surface area (Å²) in [6.45, 7) is 1.67. The first kappa shape index (κ1) is 17.0. The van der Waals surface area contributed by atoms with Gasteiger partial charge in [-0.25, -0.2) is 13.2 Å². The van der Waals surface area contributed by atoms with Crippen LogP contribution < -0.4 is 0 Å². The number of nitrogens with zero attached hydrogens (tertiary/aromatic N) is 1. The lowest BCUT2D eigenvalue weighted by Gasteiger charge is -2.27. The van der Waals surface area contributed by atoms with E-state index < -0.39 is 15.8 Å². The molecule has 0 amide bonds. The van der Waals surface area contributed by atoms with Crippen LogP contribution in [0.2, 0.25) is 0 Å². The predicted molar refractivity (Wildman–Crippen MR) is 79.6 cm³/mol. The van der Waals surface area contributed by atoms with Gasteiger partial charge in [0.15, 0.2) is 9.84 Å². The molecule has 1 aromatic heterocycles. The highest BCUT2D eigenvalue weighted by molar-refractivity contribution is 7.91. The fraction of sp³-hybridized carbons (Fsp3) is 0.643. The number of rotatable bonds is 8. The predicted octanol–water partition coefficient (Wildman–Crippen LogP) is 1.00. The van der Waals surface area contributed by atoms with E-state index in [4.69, 9.17) is 14.3 Å². The molecule has 0 aliphatic carbocycles. The molecule has 0 spiro atoms. The molecule has 1 N–H and O–H groups in total. The number of sulfone groups is 1. The Kier molecular flexibility index (Phi) is 5.60. The molecule has 2 rings (SSSR count). The summed E-state index contributed by atoms with van der Waals surface area (Å²) in [5.41, 5.74) is 0. The van der Waals surface area contributed by atoms with Crippen LogP contribution in [0.1, 0.15) is 29.2 Å². The first-order valence-electron chi connectivity index (χ1n) is 7.16. The van der Waals surface area contributed by atoms with Gasteiger partial charge in [-0.1, -0.05) is 0 Å². The van der Waals surface area contributed by atoms with Crippen molar-refractivity contribution in [3.8, 4) is 0 Å². The monoisotopic (exact) mass is 331 g/mol. The molecule has 2 heterocycles. The van der Waals surface area contributed by atoms with Gasteiger partial charge < -0.3 is 14.3 Å². The highest BCUT2D eigenvalue weighted by Gasteiger charge is 2.32. The Labute approximate surface area is 129 Å². The van der Waals surface area contributed by atoms with E-state index >= 15 is 0 Å². The second-order valence-electron chi connectivity index (χ2n) is 5.44. The van der Waals surface area contributed by atoms with Crippen molar-refractivity contribution in [2.24, 2.45) is 0 Å². The Morgan fingerprint density at radius 3 is 2.82 bits per heavy atom. The number of hydrogen-bond donors (Lipinski definition) is 1. The Hall–Kier alpha value is -1.38. The number of carbonyl (C=O) groups is 1. The molecule has 1 aromatic rings. The second kappa shape index (κ2) is 7.26. The summed E-state index contributed by atoms with van der Waals surface area (Å²) in [7, 11) is -1.35. The van der Waals surface area contributed by atoms with Crippen molar-refractivity contribution >= 4 is 15.8 Å². The van der Waals surface area contributed by atoms with Crippen LogP contribution in [-0.4, -0.2) is 62.2 Å². The minimum Gasteiger partial charge on any atom is -0.475 e. The number of aromatic carboxylic acids is 1. The summed E-state index contributed by atoms with van der Waals surface area (Å²) in [4.78, 5) is 12.9. The number of carboxylic acid groups (broad SMARTS) is 1. The zero-order valence-corrected chi connectivity index (χ0v) is 13.3. The van der Waals surface area contributed by atoms with Gasteiger partial charge in [-0.05, 0) is 25.0 Å². The summed E-state index contributed by atoms with van der Waals surface area (Å²) in [5, 5.41) is 8.88. The number of methoxy groups -OCH3 is 1. The topological polar surface area (TPSA) is 97.0 Å². The molecule has 1 saturated heterocycles. The number of carboxylic acids is 1. The van der Waals surface area contributed by atoms with Gasteiger partial charge >= 0.3 is 5.97 Å². The van der Waals surface area contributed by atoms with Gasteiger partial charge in [0.05, 0.1) is 18.1 Å². The van der Waals surface area contributed by atoms with Gasteiger partial charge in [0.25, 0.3) is 0 Å². The minimum absolute atomic E-state index is 0.0553. The van der Waals surface area contributed by atoms with Crippen molar-refractivity contribution in [2.75, 3.05) is 31.8 Å². The molecule has 1 unspecified atom stereocenters. The largest absolute Gasteiger partial charge is 0.475 e. The van der Waals surface area contributed by atoms with E-state index in [0.29, 0.717) is 31.9 Å². The molecule has 1 atom stereocenters. The molecule has 0 bridgehead atoms. The standard InChI is InChI=1S/C14H21NO6S/c1-20-7-2-6-15(11-5-8-22(18,19)10-11)9-12-3-4-13(21-12)14(16)17/h3-4,11H,2,5-10H2,1H3,(H,16,17).